The zero-order valence-corrected chi connectivity index (χ0v) is 7.38. The molecule has 0 heterocycles. The van der Waals surface area contributed by atoms with Gasteiger partial charge in [0, 0.05) is 0 Å². The van der Waals surface area contributed by atoms with Crippen LogP contribution in [0.25, 0.3) is 0 Å². The number of carbonyl (C=O) groups is 2. The first kappa shape index (κ1) is 10.2. The molecule has 14 heavy (non-hydrogen) atoms. The van der Waals surface area contributed by atoms with Crippen molar-refractivity contribution in [3.8, 4) is 0 Å². The molecule has 1 unspecified atom stereocenters. The second-order valence-corrected chi connectivity index (χ2v) is 2.90. The molecule has 74 valence electrons. The minimum atomic E-state index is -1.11. The Balaban J connectivity index is 2.89. The van der Waals surface area contributed by atoms with E-state index in [1.807, 2.05) is 0 Å². The Labute approximate surface area is 80.8 Å². The van der Waals surface area contributed by atoms with Crippen LogP contribution in [0.2, 0.25) is 0 Å². The molecule has 0 fully saturated rings. The maximum atomic E-state index is 10.8. The maximum Gasteiger partial charge on any atom is 0.311 e. The lowest BCUT2D eigenvalue weighted by atomic mass is 10.0. The van der Waals surface area contributed by atoms with Gasteiger partial charge in [-0.05, 0) is 5.56 Å². The zero-order valence-electron chi connectivity index (χ0n) is 7.38. The minimum absolute atomic E-state index is 0.390. The van der Waals surface area contributed by atoms with E-state index in [0.717, 1.165) is 0 Å². The number of aliphatic carboxylic acids is 2. The van der Waals surface area contributed by atoms with E-state index in [-0.39, 0.29) is 6.42 Å². The highest BCUT2D eigenvalue weighted by Gasteiger charge is 2.22. The van der Waals surface area contributed by atoms with Crippen molar-refractivity contribution in [3.05, 3.63) is 35.9 Å². The van der Waals surface area contributed by atoms with Crippen LogP contribution in [0.1, 0.15) is 17.9 Å². The summed E-state index contributed by atoms with van der Waals surface area (Å²) in [6.07, 6.45) is -0.390. The number of rotatable bonds is 4. The number of hydrogen-bond donors (Lipinski definition) is 2. The molecule has 0 aliphatic heterocycles. The van der Waals surface area contributed by atoms with E-state index in [2.05, 4.69) is 0 Å². The molecular formula is C10H10O4. The molecule has 0 aliphatic carbocycles. The predicted octanol–water partition coefficient (Wildman–Crippen LogP) is 1.33. The number of hydrogen-bond acceptors (Lipinski definition) is 2. The first-order valence-electron chi connectivity index (χ1n) is 4.11. The third-order valence-electron chi connectivity index (χ3n) is 1.88. The van der Waals surface area contributed by atoms with E-state index in [1.165, 1.54) is 0 Å². The van der Waals surface area contributed by atoms with Gasteiger partial charge in [-0.25, -0.2) is 0 Å². The first-order chi connectivity index (χ1) is 6.61. The van der Waals surface area contributed by atoms with E-state index in [1.54, 1.807) is 30.3 Å². The molecule has 1 aromatic rings. The number of benzene rings is 1. The van der Waals surface area contributed by atoms with Crippen LogP contribution in [0, 0.1) is 0 Å². The Morgan fingerprint density at radius 3 is 2.14 bits per heavy atom. The monoisotopic (exact) mass is 195 g/mol. The molecule has 0 saturated heterocycles. The average molecular weight is 195 g/mol. The van der Waals surface area contributed by atoms with Crippen LogP contribution < -0.4 is 0 Å². The highest BCUT2D eigenvalue weighted by molar-refractivity contribution is 5.82. The van der Waals surface area contributed by atoms with Crippen molar-refractivity contribution in [1.29, 1.82) is 0 Å². The van der Waals surface area contributed by atoms with Gasteiger partial charge in [-0.15, -0.1) is 0 Å². The van der Waals surface area contributed by atoms with Crippen molar-refractivity contribution in [1.82, 2.24) is 0 Å². The van der Waals surface area contributed by atoms with Crippen molar-refractivity contribution in [2.24, 2.45) is 0 Å². The SMILES string of the molecule is O=C(O)[13CH2]C(C(=O)O)c1ccccc1. The summed E-state index contributed by atoms with van der Waals surface area (Å²) in [5.74, 6) is -3.19. The Morgan fingerprint density at radius 2 is 1.71 bits per heavy atom. The molecule has 0 spiro atoms. The topological polar surface area (TPSA) is 74.6 Å². The van der Waals surface area contributed by atoms with Crippen molar-refractivity contribution in [2.45, 2.75) is 12.3 Å². The van der Waals surface area contributed by atoms with Gasteiger partial charge in [-0.3, -0.25) is 9.59 Å². The molecular weight excluding hydrogens is 185 g/mol. The molecule has 1 aromatic carbocycles. The van der Waals surface area contributed by atoms with Crippen molar-refractivity contribution < 1.29 is 19.8 Å². The van der Waals surface area contributed by atoms with Crippen LogP contribution in [0.5, 0.6) is 0 Å². The fourth-order valence-electron chi connectivity index (χ4n) is 1.21. The van der Waals surface area contributed by atoms with Gasteiger partial charge in [0.15, 0.2) is 0 Å². The lowest BCUT2D eigenvalue weighted by Crippen LogP contribution is -2.15. The molecule has 0 aliphatic rings. The van der Waals surface area contributed by atoms with Crippen LogP contribution >= 0.6 is 0 Å². The Hall–Kier alpha value is -1.84. The summed E-state index contributed by atoms with van der Waals surface area (Å²) in [4.78, 5) is 21.2. The summed E-state index contributed by atoms with van der Waals surface area (Å²) in [5.41, 5.74) is 0.516. The highest BCUT2D eigenvalue weighted by atomic mass is 16.4. The molecule has 0 aromatic heterocycles. The Bertz CT molecular complexity index is 331. The molecule has 1 rings (SSSR count). The molecule has 0 radical (unpaired) electrons. The number of carboxylic acids is 2. The largest absolute Gasteiger partial charge is 0.481 e. The van der Waals surface area contributed by atoms with Gasteiger partial charge in [-0.1, -0.05) is 30.3 Å². The van der Waals surface area contributed by atoms with E-state index < -0.39 is 17.9 Å². The molecule has 1 atom stereocenters. The van der Waals surface area contributed by atoms with Crippen molar-refractivity contribution in [2.75, 3.05) is 0 Å². The second kappa shape index (κ2) is 4.41. The van der Waals surface area contributed by atoms with Crippen molar-refractivity contribution in [3.63, 3.8) is 0 Å². The van der Waals surface area contributed by atoms with Crippen LogP contribution in [-0.2, 0) is 9.59 Å². The summed E-state index contributed by atoms with van der Waals surface area (Å²) >= 11 is 0. The summed E-state index contributed by atoms with van der Waals surface area (Å²) in [7, 11) is 0. The molecule has 0 amide bonds. The van der Waals surface area contributed by atoms with E-state index >= 15 is 0 Å². The maximum absolute atomic E-state index is 10.8. The van der Waals surface area contributed by atoms with Gasteiger partial charge in [0.1, 0.15) is 0 Å². The van der Waals surface area contributed by atoms with Gasteiger partial charge in [0.05, 0.1) is 12.3 Å². The van der Waals surface area contributed by atoms with E-state index in [4.69, 9.17) is 10.2 Å². The van der Waals surface area contributed by atoms with Crippen LogP contribution in [-0.4, -0.2) is 22.2 Å². The van der Waals surface area contributed by atoms with Gasteiger partial charge in [0.25, 0.3) is 0 Å². The predicted molar refractivity (Wildman–Crippen MR) is 49.1 cm³/mol. The smallest absolute Gasteiger partial charge is 0.311 e. The fourth-order valence-corrected chi connectivity index (χ4v) is 1.21. The van der Waals surface area contributed by atoms with E-state index in [9.17, 15) is 9.59 Å². The van der Waals surface area contributed by atoms with Gasteiger partial charge < -0.3 is 10.2 Å². The zero-order chi connectivity index (χ0) is 10.6. The third kappa shape index (κ3) is 2.58. The van der Waals surface area contributed by atoms with Crippen LogP contribution in [0.3, 0.4) is 0 Å². The standard InChI is InChI=1S/C10H10O4/c11-9(12)6-8(10(13)14)7-4-2-1-3-5-7/h1-5,8H,6H2,(H,11,12)(H,13,14)/i6+1. The van der Waals surface area contributed by atoms with Crippen molar-refractivity contribution >= 4 is 11.9 Å². The molecule has 0 bridgehead atoms. The normalized spacial score (nSPS) is 12.0. The minimum Gasteiger partial charge on any atom is -0.481 e. The Kier molecular flexibility index (Phi) is 3.23. The summed E-state index contributed by atoms with van der Waals surface area (Å²) in [6, 6.07) is 8.35. The lowest BCUT2D eigenvalue weighted by molar-refractivity contribution is -0.145. The summed E-state index contributed by atoms with van der Waals surface area (Å²) in [5, 5.41) is 17.3. The van der Waals surface area contributed by atoms with Gasteiger partial charge in [0.2, 0.25) is 0 Å². The quantitative estimate of drug-likeness (QED) is 0.710. The Morgan fingerprint density at radius 1 is 1.14 bits per heavy atom. The lowest BCUT2D eigenvalue weighted by Gasteiger charge is -2.09. The van der Waals surface area contributed by atoms with E-state index in [0.29, 0.717) is 5.56 Å². The molecule has 0 saturated carbocycles. The van der Waals surface area contributed by atoms with Gasteiger partial charge >= 0.3 is 11.9 Å². The fraction of sp³-hybridized carbons (Fsp3) is 0.200. The van der Waals surface area contributed by atoms with Gasteiger partial charge in [-0.2, -0.15) is 0 Å². The molecule has 2 N–H and O–H groups in total. The number of carboxylic acid groups (broad SMARTS) is 2. The molecule has 4 heteroatoms. The highest BCUT2D eigenvalue weighted by Crippen LogP contribution is 2.19. The van der Waals surface area contributed by atoms with Crippen LogP contribution in [0.4, 0.5) is 0 Å². The van der Waals surface area contributed by atoms with Crippen LogP contribution in [0.15, 0.2) is 30.3 Å². The molecule has 4 nitrogen and oxygen atoms in total. The summed E-state index contributed by atoms with van der Waals surface area (Å²) < 4.78 is 0. The summed E-state index contributed by atoms with van der Waals surface area (Å²) in [6.45, 7) is 0. The average Bonchev–Trinajstić information content (AvgIpc) is 2.15. The second-order valence-electron chi connectivity index (χ2n) is 2.90. The third-order valence-corrected chi connectivity index (χ3v) is 1.88. The first-order valence-corrected chi connectivity index (χ1v) is 4.11.